The Balaban J connectivity index is 1.43. The number of Topliss-reactive ketones (excluding diaryl/α,β-unsaturated/α-hetero) is 1. The summed E-state index contributed by atoms with van der Waals surface area (Å²) < 4.78 is 15.8. The van der Waals surface area contributed by atoms with Crippen LogP contribution >= 0.6 is 0 Å². The molecule has 12 heteroatoms. The van der Waals surface area contributed by atoms with Crippen molar-refractivity contribution in [3.8, 4) is 11.5 Å². The number of amides is 3. The van der Waals surface area contributed by atoms with E-state index >= 15 is 0 Å². The van der Waals surface area contributed by atoms with Gasteiger partial charge in [0.05, 0.1) is 39.5 Å². The van der Waals surface area contributed by atoms with Gasteiger partial charge in [-0.05, 0) is 56.7 Å². The van der Waals surface area contributed by atoms with Crippen molar-refractivity contribution in [3.05, 3.63) is 23.8 Å². The van der Waals surface area contributed by atoms with E-state index in [-0.39, 0.29) is 30.4 Å². The topological polar surface area (TPSA) is 159 Å². The summed E-state index contributed by atoms with van der Waals surface area (Å²) in [4.78, 5) is 54.8. The average molecular weight is 603 g/mol. The van der Waals surface area contributed by atoms with Gasteiger partial charge in [0.25, 0.3) is 0 Å². The number of hydrogen-bond acceptors (Lipinski definition) is 9. The van der Waals surface area contributed by atoms with Crippen LogP contribution in [0.3, 0.4) is 0 Å². The molecule has 43 heavy (non-hydrogen) atoms. The van der Waals surface area contributed by atoms with Gasteiger partial charge in [-0.2, -0.15) is 0 Å². The van der Waals surface area contributed by atoms with E-state index < -0.39 is 35.5 Å². The number of epoxide rings is 1. The maximum atomic E-state index is 13.7. The van der Waals surface area contributed by atoms with Crippen LogP contribution in [0.15, 0.2) is 18.2 Å². The summed E-state index contributed by atoms with van der Waals surface area (Å²) in [6.45, 7) is 6.18. The fraction of sp³-hybridized carbons (Fsp3) is 0.677. The van der Waals surface area contributed by atoms with Gasteiger partial charge in [0, 0.05) is 13.1 Å². The average Bonchev–Trinajstić information content (AvgIpc) is 3.52. The molecule has 1 aromatic rings. The Hall–Kier alpha value is -3.22. The highest BCUT2D eigenvalue weighted by Crippen LogP contribution is 2.33. The SMILES string of the molecule is COc1ccc(CC[C@H](NC(=O)[C@H](C)NC(=O)CN2CCOCC2)C(=O)N[C@@H](CC2CCCC2)C(=O)[C@@]2(C)CO2)cc1O. The van der Waals surface area contributed by atoms with Crippen LogP contribution in [0.25, 0.3) is 0 Å². The molecule has 3 aliphatic rings. The van der Waals surface area contributed by atoms with Crippen LogP contribution < -0.4 is 20.7 Å². The van der Waals surface area contributed by atoms with Crippen LogP contribution in [0.1, 0.15) is 57.9 Å². The highest BCUT2D eigenvalue weighted by molar-refractivity contribution is 5.98. The molecule has 0 unspecified atom stereocenters. The van der Waals surface area contributed by atoms with Crippen LogP contribution in [-0.2, 0) is 35.1 Å². The van der Waals surface area contributed by atoms with E-state index in [0.29, 0.717) is 57.4 Å². The van der Waals surface area contributed by atoms with Crippen molar-refractivity contribution in [3.63, 3.8) is 0 Å². The van der Waals surface area contributed by atoms with Gasteiger partial charge < -0.3 is 35.3 Å². The first kappa shape index (κ1) is 32.7. The largest absolute Gasteiger partial charge is 0.504 e. The zero-order valence-electron chi connectivity index (χ0n) is 25.5. The van der Waals surface area contributed by atoms with Gasteiger partial charge in [0.1, 0.15) is 17.7 Å². The molecule has 4 rings (SSSR count). The molecule has 2 saturated heterocycles. The summed E-state index contributed by atoms with van der Waals surface area (Å²) >= 11 is 0. The van der Waals surface area contributed by atoms with Crippen molar-refractivity contribution in [1.82, 2.24) is 20.9 Å². The lowest BCUT2D eigenvalue weighted by atomic mass is 9.90. The van der Waals surface area contributed by atoms with Gasteiger partial charge in [-0.15, -0.1) is 0 Å². The monoisotopic (exact) mass is 602 g/mol. The molecule has 1 aromatic carbocycles. The molecule has 3 amide bonds. The first-order chi connectivity index (χ1) is 20.6. The lowest BCUT2D eigenvalue weighted by molar-refractivity contribution is -0.134. The van der Waals surface area contributed by atoms with E-state index in [9.17, 15) is 24.3 Å². The number of nitrogens with one attached hydrogen (secondary N) is 3. The summed E-state index contributed by atoms with van der Waals surface area (Å²) in [5, 5.41) is 18.7. The fourth-order valence-corrected chi connectivity index (χ4v) is 5.78. The second-order valence-electron chi connectivity index (χ2n) is 12.1. The number of carbonyl (C=O) groups is 4. The first-order valence-electron chi connectivity index (χ1n) is 15.3. The minimum atomic E-state index is -0.984. The molecular weight excluding hydrogens is 556 g/mol. The van der Waals surface area contributed by atoms with Gasteiger partial charge in [0.15, 0.2) is 17.3 Å². The molecule has 1 aliphatic carbocycles. The fourth-order valence-electron chi connectivity index (χ4n) is 5.78. The van der Waals surface area contributed by atoms with Crippen molar-refractivity contribution >= 4 is 23.5 Å². The van der Waals surface area contributed by atoms with Crippen molar-refractivity contribution < 1.29 is 38.5 Å². The first-order valence-corrected chi connectivity index (χ1v) is 15.3. The predicted octanol–water partition coefficient (Wildman–Crippen LogP) is 1.08. The van der Waals surface area contributed by atoms with Gasteiger partial charge in [-0.3, -0.25) is 24.1 Å². The van der Waals surface area contributed by atoms with E-state index in [1.165, 1.54) is 7.11 Å². The molecule has 2 heterocycles. The normalized spacial score (nSPS) is 22.7. The lowest BCUT2D eigenvalue weighted by Gasteiger charge is -2.27. The number of benzene rings is 1. The van der Waals surface area contributed by atoms with Gasteiger partial charge in [-0.25, -0.2) is 0 Å². The Kier molecular flexibility index (Phi) is 11.4. The Morgan fingerprint density at radius 1 is 1.07 bits per heavy atom. The van der Waals surface area contributed by atoms with E-state index in [0.717, 1.165) is 31.2 Å². The number of ketones is 1. The lowest BCUT2D eigenvalue weighted by Crippen LogP contribution is -2.57. The number of aromatic hydroxyl groups is 1. The van der Waals surface area contributed by atoms with Crippen LogP contribution in [0.4, 0.5) is 0 Å². The summed E-state index contributed by atoms with van der Waals surface area (Å²) in [5.41, 5.74) is -0.149. The maximum Gasteiger partial charge on any atom is 0.243 e. The second-order valence-corrected chi connectivity index (χ2v) is 12.1. The molecule has 12 nitrogen and oxygen atoms in total. The standard InChI is InChI=1S/C31H46N4O8/c1-20(32-27(37)18-35-12-14-42-15-13-35)29(39)33-23(10-8-22-9-11-26(41-3)25(36)17-22)30(40)34-24(16-21-6-4-5-7-21)28(38)31(2)19-43-31/h9,11,17,20-21,23-24,36H,4-8,10,12-16,18-19H2,1-3H3,(H,32,37)(H,33,39)(H,34,40)/t20-,23-,24-,31+/m0/s1. The number of morpholine rings is 1. The predicted molar refractivity (Wildman–Crippen MR) is 158 cm³/mol. The van der Waals surface area contributed by atoms with Gasteiger partial charge >= 0.3 is 0 Å². The Bertz CT molecular complexity index is 1140. The number of methoxy groups -OCH3 is 1. The maximum absolute atomic E-state index is 13.7. The zero-order valence-corrected chi connectivity index (χ0v) is 25.5. The number of ether oxygens (including phenoxy) is 3. The number of nitrogens with zero attached hydrogens (tertiary/aromatic N) is 1. The van der Waals surface area contributed by atoms with Crippen molar-refractivity contribution in [2.24, 2.45) is 5.92 Å². The highest BCUT2D eigenvalue weighted by Gasteiger charge is 2.50. The number of phenolic OH excluding ortho intramolecular Hbond substituents is 1. The summed E-state index contributed by atoms with van der Waals surface area (Å²) in [7, 11) is 1.46. The summed E-state index contributed by atoms with van der Waals surface area (Å²) in [6, 6.07) is 2.38. The number of phenols is 1. The van der Waals surface area contributed by atoms with E-state index in [4.69, 9.17) is 14.2 Å². The van der Waals surface area contributed by atoms with E-state index in [1.807, 2.05) is 4.90 Å². The zero-order chi connectivity index (χ0) is 31.0. The number of hydrogen-bond donors (Lipinski definition) is 4. The highest BCUT2D eigenvalue weighted by atomic mass is 16.6. The third-order valence-corrected chi connectivity index (χ3v) is 8.61. The quantitative estimate of drug-likeness (QED) is 0.216. The molecule has 4 atom stereocenters. The third kappa shape index (κ3) is 9.38. The van der Waals surface area contributed by atoms with Crippen LogP contribution in [0, 0.1) is 5.92 Å². The van der Waals surface area contributed by atoms with Crippen LogP contribution in [-0.4, -0.2) is 104 Å². The molecule has 3 fully saturated rings. The van der Waals surface area contributed by atoms with Gasteiger partial charge in [-0.1, -0.05) is 31.7 Å². The Morgan fingerprint density at radius 3 is 2.37 bits per heavy atom. The molecule has 2 aliphatic heterocycles. The van der Waals surface area contributed by atoms with Crippen molar-refractivity contribution in [2.45, 2.75) is 82.5 Å². The second kappa shape index (κ2) is 15.0. The molecule has 0 radical (unpaired) electrons. The van der Waals surface area contributed by atoms with Crippen LogP contribution in [0.2, 0.25) is 0 Å². The minimum Gasteiger partial charge on any atom is -0.504 e. The Labute approximate surface area is 253 Å². The molecule has 238 valence electrons. The van der Waals surface area contributed by atoms with E-state index in [2.05, 4.69) is 16.0 Å². The van der Waals surface area contributed by atoms with Crippen LogP contribution in [0.5, 0.6) is 11.5 Å². The number of carbonyl (C=O) groups excluding carboxylic acids is 4. The molecular formula is C31H46N4O8. The van der Waals surface area contributed by atoms with Crippen molar-refractivity contribution in [1.29, 1.82) is 0 Å². The number of aryl methyl sites for hydroxylation is 1. The molecule has 4 N–H and O–H groups in total. The van der Waals surface area contributed by atoms with Crippen molar-refractivity contribution in [2.75, 3.05) is 46.6 Å². The molecule has 0 spiro atoms. The van der Waals surface area contributed by atoms with Gasteiger partial charge in [0.2, 0.25) is 17.7 Å². The third-order valence-electron chi connectivity index (χ3n) is 8.61. The Morgan fingerprint density at radius 2 is 1.74 bits per heavy atom. The summed E-state index contributed by atoms with van der Waals surface area (Å²) in [5.74, 6) is -0.782. The number of rotatable bonds is 15. The molecule has 0 aromatic heterocycles. The summed E-state index contributed by atoms with van der Waals surface area (Å²) in [6.07, 6.45) is 5.34. The van der Waals surface area contributed by atoms with E-state index in [1.54, 1.807) is 32.0 Å². The molecule has 1 saturated carbocycles. The smallest absolute Gasteiger partial charge is 0.243 e. The molecule has 0 bridgehead atoms. The minimum absolute atomic E-state index is 0.0264.